The van der Waals surface area contributed by atoms with Gasteiger partial charge in [0.05, 0.1) is 35.5 Å². The normalized spacial score (nSPS) is 20.5. The Balaban J connectivity index is 1.61. The molecule has 1 aliphatic rings. The highest BCUT2D eigenvalue weighted by atomic mass is 16.2. The van der Waals surface area contributed by atoms with Crippen LogP contribution in [0.25, 0.3) is 11.0 Å². The van der Waals surface area contributed by atoms with Gasteiger partial charge in [0.25, 0.3) is 5.91 Å². The topological polar surface area (TPSA) is 80.0 Å². The lowest BCUT2D eigenvalue weighted by Crippen LogP contribution is -2.37. The Morgan fingerprint density at radius 1 is 1.20 bits per heavy atom. The summed E-state index contributed by atoms with van der Waals surface area (Å²) in [4.78, 5) is 25.7. The molecule has 3 heterocycles. The molecule has 0 saturated carbocycles. The predicted octanol–water partition coefficient (Wildman–Crippen LogP) is 0.849. The van der Waals surface area contributed by atoms with Crippen LogP contribution in [-0.2, 0) is 0 Å². The molecule has 4 rings (SSSR count). The summed E-state index contributed by atoms with van der Waals surface area (Å²) >= 11 is 0. The van der Waals surface area contributed by atoms with Crippen LogP contribution in [0.1, 0.15) is 16.5 Å². The molecule has 0 aliphatic carbocycles. The number of fused-ring (bicyclic) bond motifs is 1. The summed E-state index contributed by atoms with van der Waals surface area (Å²) in [6.45, 7) is 1.18. The maximum atomic E-state index is 12.9. The Hall–Kier alpha value is -2.87. The monoisotopic (exact) mass is 337 g/mol. The number of hydrogen-bond donors (Lipinski definition) is 0. The second-order valence-electron chi connectivity index (χ2n) is 6.44. The molecule has 8 nitrogen and oxygen atoms in total. The lowest BCUT2D eigenvalue weighted by molar-refractivity contribution is 0.0775. The summed E-state index contributed by atoms with van der Waals surface area (Å²) in [5.41, 5.74) is 1.88. The zero-order chi connectivity index (χ0) is 17.4. The first-order valence-corrected chi connectivity index (χ1v) is 8.17. The van der Waals surface area contributed by atoms with E-state index in [9.17, 15) is 4.79 Å². The first-order valence-electron chi connectivity index (χ1n) is 8.17. The number of benzene rings is 1. The number of likely N-dealkylation sites (N-methyl/N-ethyl adjacent to an activating group) is 1. The lowest BCUT2D eigenvalue weighted by Gasteiger charge is -2.24. The molecule has 3 aromatic rings. The second-order valence-corrected chi connectivity index (χ2v) is 6.44. The maximum absolute atomic E-state index is 12.9. The third-order valence-electron chi connectivity index (χ3n) is 4.66. The fraction of sp³-hybridized carbons (Fsp3) is 0.353. The van der Waals surface area contributed by atoms with Gasteiger partial charge < -0.3 is 9.80 Å². The summed E-state index contributed by atoms with van der Waals surface area (Å²) in [5.74, 6) is -0.104. The molecule has 25 heavy (non-hydrogen) atoms. The predicted molar refractivity (Wildman–Crippen MR) is 92.0 cm³/mol. The number of nitrogens with zero attached hydrogens (tertiary/aromatic N) is 7. The van der Waals surface area contributed by atoms with Crippen molar-refractivity contribution in [2.45, 2.75) is 12.1 Å². The minimum atomic E-state index is -0.104. The smallest absolute Gasteiger partial charge is 0.274 e. The number of para-hydroxylation sites is 2. The second kappa shape index (κ2) is 6.21. The van der Waals surface area contributed by atoms with Crippen LogP contribution in [0.4, 0.5) is 0 Å². The van der Waals surface area contributed by atoms with Crippen molar-refractivity contribution in [2.75, 3.05) is 27.2 Å². The van der Waals surface area contributed by atoms with Gasteiger partial charge in [-0.1, -0.05) is 17.3 Å². The summed E-state index contributed by atoms with van der Waals surface area (Å²) in [6, 6.07) is 7.78. The van der Waals surface area contributed by atoms with Crippen molar-refractivity contribution in [3.8, 4) is 0 Å². The Morgan fingerprint density at radius 3 is 2.72 bits per heavy atom. The van der Waals surface area contributed by atoms with E-state index >= 15 is 0 Å². The highest BCUT2D eigenvalue weighted by Gasteiger charge is 2.38. The molecular formula is C17H19N7O. The number of amides is 1. The third-order valence-corrected chi connectivity index (χ3v) is 4.66. The molecule has 0 spiro atoms. The van der Waals surface area contributed by atoms with E-state index in [2.05, 4.69) is 25.2 Å². The quantitative estimate of drug-likeness (QED) is 0.705. The van der Waals surface area contributed by atoms with E-state index in [-0.39, 0.29) is 18.0 Å². The van der Waals surface area contributed by atoms with Gasteiger partial charge in [0.1, 0.15) is 5.69 Å². The molecule has 2 aromatic heterocycles. The Morgan fingerprint density at radius 2 is 2.00 bits per heavy atom. The average Bonchev–Trinajstić information content (AvgIpc) is 3.30. The van der Waals surface area contributed by atoms with Gasteiger partial charge >= 0.3 is 0 Å². The van der Waals surface area contributed by atoms with Gasteiger partial charge in [-0.2, -0.15) is 0 Å². The van der Waals surface area contributed by atoms with Crippen molar-refractivity contribution in [1.29, 1.82) is 0 Å². The average molecular weight is 337 g/mol. The number of carbonyl (C=O) groups excluding carboxylic acids is 1. The Bertz CT molecular complexity index is 893. The SMILES string of the molecule is CN(C)[C@@H]1CN(C(=O)c2cnc3ccccc3n2)C[C@@H]1n1ccnn1. The van der Waals surface area contributed by atoms with Crippen molar-refractivity contribution in [2.24, 2.45) is 0 Å². The minimum Gasteiger partial charge on any atom is -0.333 e. The van der Waals surface area contributed by atoms with E-state index in [1.54, 1.807) is 12.4 Å². The van der Waals surface area contributed by atoms with Gasteiger partial charge in [-0.05, 0) is 26.2 Å². The molecule has 0 N–H and O–H groups in total. The molecule has 0 radical (unpaired) electrons. The third kappa shape index (κ3) is 2.85. The Labute approximate surface area is 145 Å². The molecule has 128 valence electrons. The van der Waals surface area contributed by atoms with Crippen molar-refractivity contribution in [1.82, 2.24) is 34.8 Å². The summed E-state index contributed by atoms with van der Waals surface area (Å²) in [5, 5.41) is 8.00. The first-order chi connectivity index (χ1) is 12.1. The van der Waals surface area contributed by atoms with Crippen LogP contribution < -0.4 is 0 Å². The van der Waals surface area contributed by atoms with Gasteiger partial charge in [0.15, 0.2) is 0 Å². The fourth-order valence-electron chi connectivity index (χ4n) is 3.32. The highest BCUT2D eigenvalue weighted by molar-refractivity contribution is 5.94. The molecule has 1 amide bonds. The van der Waals surface area contributed by atoms with Gasteiger partial charge in [0.2, 0.25) is 0 Å². The molecule has 8 heteroatoms. The van der Waals surface area contributed by atoms with Gasteiger partial charge in [0, 0.05) is 19.3 Å². The molecule has 0 unspecified atom stereocenters. The number of aromatic nitrogens is 5. The zero-order valence-electron chi connectivity index (χ0n) is 14.1. The van der Waals surface area contributed by atoms with Gasteiger partial charge in [-0.15, -0.1) is 5.10 Å². The summed E-state index contributed by atoms with van der Waals surface area (Å²) in [7, 11) is 4.02. The molecule has 1 fully saturated rings. The van der Waals surface area contributed by atoms with E-state index in [0.717, 1.165) is 11.0 Å². The van der Waals surface area contributed by atoms with Crippen LogP contribution in [0.15, 0.2) is 42.9 Å². The lowest BCUT2D eigenvalue weighted by atomic mass is 10.1. The molecule has 2 atom stereocenters. The summed E-state index contributed by atoms with van der Waals surface area (Å²) < 4.78 is 1.82. The van der Waals surface area contributed by atoms with Crippen molar-refractivity contribution >= 4 is 16.9 Å². The standard InChI is InChI=1S/C17H19N7O/c1-22(2)15-10-23(11-16(15)24-8-7-19-21-24)17(25)14-9-18-12-5-3-4-6-13(12)20-14/h3-9,15-16H,10-11H2,1-2H3/t15-,16+/m1/s1. The van der Waals surface area contributed by atoms with E-state index < -0.39 is 0 Å². The van der Waals surface area contributed by atoms with Crippen LogP contribution >= 0.6 is 0 Å². The Kier molecular flexibility index (Phi) is 3.89. The number of carbonyl (C=O) groups is 1. The van der Waals surface area contributed by atoms with Gasteiger partial charge in [-0.3, -0.25) is 9.78 Å². The van der Waals surface area contributed by atoms with Crippen LogP contribution in [0.5, 0.6) is 0 Å². The van der Waals surface area contributed by atoms with Gasteiger partial charge in [-0.25, -0.2) is 9.67 Å². The van der Waals surface area contributed by atoms with Crippen molar-refractivity contribution < 1.29 is 4.79 Å². The first kappa shape index (κ1) is 15.6. The largest absolute Gasteiger partial charge is 0.333 e. The van der Waals surface area contributed by atoms with Crippen LogP contribution in [-0.4, -0.2) is 73.9 Å². The number of hydrogen-bond acceptors (Lipinski definition) is 6. The molecule has 1 aliphatic heterocycles. The molecule has 1 aromatic carbocycles. The molecule has 0 bridgehead atoms. The summed E-state index contributed by atoms with van der Waals surface area (Å²) in [6.07, 6.45) is 5.05. The minimum absolute atomic E-state index is 0.0647. The zero-order valence-corrected chi connectivity index (χ0v) is 14.1. The van der Waals surface area contributed by atoms with Crippen LogP contribution in [0, 0.1) is 0 Å². The van der Waals surface area contributed by atoms with E-state index in [1.807, 2.05) is 54.1 Å². The maximum Gasteiger partial charge on any atom is 0.274 e. The van der Waals surface area contributed by atoms with Crippen molar-refractivity contribution in [3.63, 3.8) is 0 Å². The molecular weight excluding hydrogens is 318 g/mol. The number of rotatable bonds is 3. The van der Waals surface area contributed by atoms with Crippen LogP contribution in [0.2, 0.25) is 0 Å². The highest BCUT2D eigenvalue weighted by Crippen LogP contribution is 2.25. The number of likely N-dealkylation sites (tertiary alicyclic amines) is 1. The molecule has 1 saturated heterocycles. The van der Waals surface area contributed by atoms with Crippen LogP contribution in [0.3, 0.4) is 0 Å². The van der Waals surface area contributed by atoms with Crippen molar-refractivity contribution in [3.05, 3.63) is 48.5 Å². The van der Waals surface area contributed by atoms with E-state index in [1.165, 1.54) is 0 Å². The van der Waals surface area contributed by atoms with E-state index in [0.29, 0.717) is 18.8 Å². The fourth-order valence-corrected chi connectivity index (χ4v) is 3.32. The van der Waals surface area contributed by atoms with E-state index in [4.69, 9.17) is 0 Å².